The fourth-order valence-corrected chi connectivity index (χ4v) is 1.78. The zero-order valence-electron chi connectivity index (χ0n) is 9.63. The molecular formula is C13H19BrO. The van der Waals surface area contributed by atoms with Crippen LogP contribution in [0.4, 0.5) is 0 Å². The molecule has 0 saturated carbocycles. The molecule has 1 rings (SSSR count). The molecule has 1 nitrogen and oxygen atoms in total. The summed E-state index contributed by atoms with van der Waals surface area (Å²) in [7, 11) is 0. The van der Waals surface area contributed by atoms with Gasteiger partial charge in [-0.1, -0.05) is 41.9 Å². The van der Waals surface area contributed by atoms with Gasteiger partial charge in [0.05, 0.1) is 6.10 Å². The summed E-state index contributed by atoms with van der Waals surface area (Å²) >= 11 is 3.46. The maximum absolute atomic E-state index is 9.97. The molecule has 0 aliphatic heterocycles. The Morgan fingerprint density at radius 1 is 1.27 bits per heavy atom. The average Bonchev–Trinajstić information content (AvgIpc) is 2.18. The summed E-state index contributed by atoms with van der Waals surface area (Å²) in [5.74, 6) is 0.649. The molecule has 0 bridgehead atoms. The Hall–Kier alpha value is -0.340. The number of rotatable bonds is 4. The lowest BCUT2D eigenvalue weighted by Gasteiger charge is -2.13. The minimum Gasteiger partial charge on any atom is -0.388 e. The first kappa shape index (κ1) is 12.7. The third-order valence-electron chi connectivity index (χ3n) is 2.58. The van der Waals surface area contributed by atoms with Crippen LogP contribution in [0.3, 0.4) is 0 Å². The van der Waals surface area contributed by atoms with Gasteiger partial charge in [0.15, 0.2) is 0 Å². The van der Waals surface area contributed by atoms with E-state index >= 15 is 0 Å². The number of hydrogen-bond donors (Lipinski definition) is 1. The van der Waals surface area contributed by atoms with E-state index in [0.29, 0.717) is 5.92 Å². The van der Waals surface area contributed by atoms with E-state index in [1.807, 2.05) is 19.1 Å². The highest BCUT2D eigenvalue weighted by atomic mass is 79.9. The maximum Gasteiger partial charge on any atom is 0.0790 e. The highest BCUT2D eigenvalue weighted by Gasteiger charge is 2.09. The summed E-state index contributed by atoms with van der Waals surface area (Å²) in [6, 6.07) is 6.04. The second-order valence-corrected chi connectivity index (χ2v) is 5.35. The molecule has 0 aromatic heterocycles. The van der Waals surface area contributed by atoms with Gasteiger partial charge in [0, 0.05) is 4.47 Å². The van der Waals surface area contributed by atoms with E-state index < -0.39 is 0 Å². The highest BCUT2D eigenvalue weighted by Crippen LogP contribution is 2.24. The Balaban J connectivity index is 2.65. The van der Waals surface area contributed by atoms with Crippen molar-refractivity contribution in [1.29, 1.82) is 0 Å². The Kier molecular flexibility index (Phi) is 4.81. The van der Waals surface area contributed by atoms with Crippen LogP contribution in [0.15, 0.2) is 22.7 Å². The van der Waals surface area contributed by atoms with Crippen LogP contribution in [0.1, 0.15) is 43.9 Å². The third-order valence-corrected chi connectivity index (χ3v) is 3.47. The van der Waals surface area contributed by atoms with Gasteiger partial charge in [-0.3, -0.25) is 0 Å². The molecule has 1 unspecified atom stereocenters. The molecule has 15 heavy (non-hydrogen) atoms. The van der Waals surface area contributed by atoms with Gasteiger partial charge in [0.25, 0.3) is 0 Å². The largest absolute Gasteiger partial charge is 0.388 e. The van der Waals surface area contributed by atoms with Crippen molar-refractivity contribution in [1.82, 2.24) is 0 Å². The molecule has 2 heteroatoms. The van der Waals surface area contributed by atoms with Gasteiger partial charge < -0.3 is 5.11 Å². The van der Waals surface area contributed by atoms with Gasteiger partial charge in [0.1, 0.15) is 0 Å². The topological polar surface area (TPSA) is 20.2 Å². The molecule has 0 heterocycles. The van der Waals surface area contributed by atoms with E-state index in [2.05, 4.69) is 35.8 Å². The standard InChI is InChI=1S/C13H19BrO/c1-9(2)4-7-13(15)11-5-6-12(14)10(3)8-11/h5-6,8-9,13,15H,4,7H2,1-3H3. The Morgan fingerprint density at radius 2 is 1.93 bits per heavy atom. The summed E-state index contributed by atoms with van der Waals surface area (Å²) in [5, 5.41) is 9.97. The molecule has 0 spiro atoms. The first-order valence-corrected chi connectivity index (χ1v) is 6.24. The molecule has 0 radical (unpaired) electrons. The fourth-order valence-electron chi connectivity index (χ4n) is 1.53. The molecule has 0 aliphatic rings. The lowest BCUT2D eigenvalue weighted by Crippen LogP contribution is -2.00. The van der Waals surface area contributed by atoms with E-state index in [9.17, 15) is 5.11 Å². The van der Waals surface area contributed by atoms with Crippen LogP contribution < -0.4 is 0 Å². The SMILES string of the molecule is Cc1cc(C(O)CCC(C)C)ccc1Br. The van der Waals surface area contributed by atoms with Crippen LogP contribution in [0.25, 0.3) is 0 Å². The molecule has 1 N–H and O–H groups in total. The summed E-state index contributed by atoms with van der Waals surface area (Å²) in [6.45, 7) is 6.40. The van der Waals surface area contributed by atoms with Gasteiger partial charge in [-0.05, 0) is 42.9 Å². The number of aryl methyl sites for hydroxylation is 1. The van der Waals surface area contributed by atoms with Crippen molar-refractivity contribution in [2.45, 2.75) is 39.7 Å². The van der Waals surface area contributed by atoms with Crippen molar-refractivity contribution >= 4 is 15.9 Å². The van der Waals surface area contributed by atoms with Crippen LogP contribution in [0, 0.1) is 12.8 Å². The second-order valence-electron chi connectivity index (χ2n) is 4.50. The molecule has 84 valence electrons. The normalized spacial score (nSPS) is 13.2. The molecule has 1 atom stereocenters. The average molecular weight is 271 g/mol. The number of benzene rings is 1. The van der Waals surface area contributed by atoms with Gasteiger partial charge in [-0.2, -0.15) is 0 Å². The predicted molar refractivity (Wildman–Crippen MR) is 67.9 cm³/mol. The van der Waals surface area contributed by atoms with Crippen LogP contribution in [-0.4, -0.2) is 5.11 Å². The first-order chi connectivity index (χ1) is 7.00. The first-order valence-electron chi connectivity index (χ1n) is 5.45. The molecule has 1 aromatic rings. The minimum atomic E-state index is -0.320. The molecule has 0 saturated heterocycles. The zero-order chi connectivity index (χ0) is 11.4. The van der Waals surface area contributed by atoms with Crippen LogP contribution >= 0.6 is 15.9 Å². The summed E-state index contributed by atoms with van der Waals surface area (Å²) in [6.07, 6.45) is 1.59. The lowest BCUT2D eigenvalue weighted by atomic mass is 9.99. The quantitative estimate of drug-likeness (QED) is 0.869. The predicted octanol–water partition coefficient (Wildman–Crippen LogP) is 4.23. The molecule has 0 amide bonds. The second kappa shape index (κ2) is 5.66. The highest BCUT2D eigenvalue weighted by molar-refractivity contribution is 9.10. The summed E-state index contributed by atoms with van der Waals surface area (Å²) in [5.41, 5.74) is 2.20. The van der Waals surface area contributed by atoms with Gasteiger partial charge in [0.2, 0.25) is 0 Å². The molecular weight excluding hydrogens is 252 g/mol. The van der Waals surface area contributed by atoms with E-state index in [0.717, 1.165) is 22.9 Å². The Bertz CT molecular complexity index is 320. The van der Waals surface area contributed by atoms with Crippen molar-refractivity contribution in [3.63, 3.8) is 0 Å². The fraction of sp³-hybridized carbons (Fsp3) is 0.538. The van der Waals surface area contributed by atoms with Gasteiger partial charge in [-0.25, -0.2) is 0 Å². The third kappa shape index (κ3) is 3.96. The van der Waals surface area contributed by atoms with Gasteiger partial charge >= 0.3 is 0 Å². The van der Waals surface area contributed by atoms with Crippen LogP contribution in [0.5, 0.6) is 0 Å². The van der Waals surface area contributed by atoms with E-state index in [-0.39, 0.29) is 6.10 Å². The number of aliphatic hydroxyl groups excluding tert-OH is 1. The molecule has 0 aliphatic carbocycles. The van der Waals surface area contributed by atoms with Crippen molar-refractivity contribution in [3.05, 3.63) is 33.8 Å². The number of hydrogen-bond acceptors (Lipinski definition) is 1. The minimum absolute atomic E-state index is 0.320. The maximum atomic E-state index is 9.97. The summed E-state index contributed by atoms with van der Waals surface area (Å²) < 4.78 is 1.10. The Morgan fingerprint density at radius 3 is 2.47 bits per heavy atom. The van der Waals surface area contributed by atoms with Crippen molar-refractivity contribution < 1.29 is 5.11 Å². The smallest absolute Gasteiger partial charge is 0.0790 e. The van der Waals surface area contributed by atoms with Crippen molar-refractivity contribution in [2.75, 3.05) is 0 Å². The van der Waals surface area contributed by atoms with Crippen molar-refractivity contribution in [3.8, 4) is 0 Å². The van der Waals surface area contributed by atoms with E-state index in [1.54, 1.807) is 0 Å². The van der Waals surface area contributed by atoms with Crippen LogP contribution in [0.2, 0.25) is 0 Å². The van der Waals surface area contributed by atoms with E-state index in [4.69, 9.17) is 0 Å². The van der Waals surface area contributed by atoms with Crippen molar-refractivity contribution in [2.24, 2.45) is 5.92 Å². The summed E-state index contributed by atoms with van der Waals surface area (Å²) in [4.78, 5) is 0. The number of halogens is 1. The van der Waals surface area contributed by atoms with Crippen LogP contribution in [-0.2, 0) is 0 Å². The van der Waals surface area contributed by atoms with Gasteiger partial charge in [-0.15, -0.1) is 0 Å². The van der Waals surface area contributed by atoms with E-state index in [1.165, 1.54) is 5.56 Å². The molecule has 0 fully saturated rings. The lowest BCUT2D eigenvalue weighted by molar-refractivity contribution is 0.159. The zero-order valence-corrected chi connectivity index (χ0v) is 11.2. The number of aliphatic hydroxyl groups is 1. The molecule has 1 aromatic carbocycles. The Labute approximate surface area is 101 Å². The monoisotopic (exact) mass is 270 g/mol.